The Morgan fingerprint density at radius 2 is 1.94 bits per heavy atom. The van der Waals surface area contributed by atoms with Gasteiger partial charge in [-0.05, 0) is 12.8 Å². The monoisotopic (exact) mass is 238 g/mol. The van der Waals surface area contributed by atoms with Crippen LogP contribution < -0.4 is 5.73 Å². The van der Waals surface area contributed by atoms with Crippen molar-refractivity contribution < 1.29 is 22.7 Å². The first-order valence-electron chi connectivity index (χ1n) is 4.81. The summed E-state index contributed by atoms with van der Waals surface area (Å²) in [6.07, 6.45) is -5.09. The van der Waals surface area contributed by atoms with Crippen molar-refractivity contribution in [2.75, 3.05) is 5.73 Å². The maximum Gasteiger partial charge on any atom is 0.426 e. The number of oxazole rings is 1. The van der Waals surface area contributed by atoms with Crippen molar-refractivity contribution in [1.82, 2.24) is 4.98 Å². The zero-order chi connectivity index (χ0) is 12.6. The molecule has 1 unspecified atom stereocenters. The second-order valence-electron chi connectivity index (χ2n) is 3.40. The van der Waals surface area contributed by atoms with E-state index in [4.69, 9.17) is 5.73 Å². The van der Waals surface area contributed by atoms with Crippen LogP contribution in [0.25, 0.3) is 0 Å². The Morgan fingerprint density at radius 3 is 2.25 bits per heavy atom. The Morgan fingerprint density at radius 1 is 1.38 bits per heavy atom. The van der Waals surface area contributed by atoms with Crippen LogP contribution in [-0.4, -0.2) is 16.3 Å². The minimum absolute atomic E-state index is 0.186. The molecule has 1 heterocycles. The topological polar surface area (TPSA) is 72.3 Å². The van der Waals surface area contributed by atoms with Gasteiger partial charge in [0.15, 0.2) is 0 Å². The highest BCUT2D eigenvalue weighted by Gasteiger charge is 2.57. The van der Waals surface area contributed by atoms with E-state index in [0.717, 1.165) is 0 Å². The Bertz CT molecular complexity index is 375. The van der Waals surface area contributed by atoms with E-state index in [2.05, 4.69) is 9.40 Å². The lowest BCUT2D eigenvalue weighted by molar-refractivity contribution is -0.275. The first-order chi connectivity index (χ1) is 7.26. The van der Waals surface area contributed by atoms with Crippen LogP contribution in [0.1, 0.15) is 31.9 Å². The predicted octanol–water partition coefficient (Wildman–Crippen LogP) is 1.98. The smallest absolute Gasteiger partial charge is 0.422 e. The summed E-state index contributed by atoms with van der Waals surface area (Å²) in [5, 5.41) is 9.52. The summed E-state index contributed by atoms with van der Waals surface area (Å²) in [5.74, 6) is -0.981. The van der Waals surface area contributed by atoms with Crippen LogP contribution in [0.3, 0.4) is 0 Å². The zero-order valence-corrected chi connectivity index (χ0v) is 8.93. The van der Waals surface area contributed by atoms with Crippen LogP contribution in [0.15, 0.2) is 4.42 Å². The number of aliphatic hydroxyl groups is 1. The minimum Gasteiger partial charge on any atom is -0.422 e. The maximum atomic E-state index is 12.6. The molecule has 0 saturated carbocycles. The number of halogens is 3. The van der Waals surface area contributed by atoms with Crippen LogP contribution in [0, 0.1) is 0 Å². The molecule has 0 aliphatic rings. The van der Waals surface area contributed by atoms with Gasteiger partial charge in [-0.1, -0.05) is 13.8 Å². The van der Waals surface area contributed by atoms with Crippen LogP contribution >= 0.6 is 0 Å². The molecule has 0 fully saturated rings. The fourth-order valence-corrected chi connectivity index (χ4v) is 1.27. The third-order valence-electron chi connectivity index (χ3n) is 2.40. The van der Waals surface area contributed by atoms with Gasteiger partial charge in [0.2, 0.25) is 17.4 Å². The normalized spacial score (nSPS) is 16.1. The number of aromatic nitrogens is 1. The van der Waals surface area contributed by atoms with Gasteiger partial charge in [-0.25, -0.2) is 4.98 Å². The number of hydrogen-bond donors (Lipinski definition) is 2. The summed E-state index contributed by atoms with van der Waals surface area (Å²) in [5.41, 5.74) is 2.48. The van der Waals surface area contributed by atoms with Gasteiger partial charge >= 0.3 is 6.18 Å². The molecule has 0 radical (unpaired) electrons. The highest BCUT2D eigenvalue weighted by molar-refractivity contribution is 5.32. The van der Waals surface area contributed by atoms with Crippen molar-refractivity contribution in [2.24, 2.45) is 0 Å². The number of anilines is 1. The lowest BCUT2D eigenvalue weighted by atomic mass is 10.0. The minimum atomic E-state index is -4.84. The first kappa shape index (κ1) is 12.8. The van der Waals surface area contributed by atoms with Crippen LogP contribution in [0.2, 0.25) is 0 Å². The molecule has 0 spiro atoms. The molecule has 0 saturated heterocycles. The van der Waals surface area contributed by atoms with Gasteiger partial charge in [-0.2, -0.15) is 13.2 Å². The Balaban J connectivity index is 3.23. The number of nitrogens with two attached hydrogens (primary N) is 1. The number of hydrogen-bond acceptors (Lipinski definition) is 4. The van der Waals surface area contributed by atoms with Crippen molar-refractivity contribution in [2.45, 2.75) is 38.5 Å². The second kappa shape index (κ2) is 3.97. The molecular formula is C9H13F3N2O2. The van der Waals surface area contributed by atoms with Gasteiger partial charge in [0.1, 0.15) is 5.69 Å². The van der Waals surface area contributed by atoms with Gasteiger partial charge in [0.25, 0.3) is 0 Å². The van der Waals surface area contributed by atoms with Crippen molar-refractivity contribution in [3.05, 3.63) is 11.6 Å². The molecule has 0 aliphatic heterocycles. The summed E-state index contributed by atoms with van der Waals surface area (Å²) >= 11 is 0. The van der Waals surface area contributed by atoms with Gasteiger partial charge in [-0.3, -0.25) is 0 Å². The molecule has 16 heavy (non-hydrogen) atoms. The molecule has 1 rings (SSSR count). The van der Waals surface area contributed by atoms with Gasteiger partial charge < -0.3 is 15.3 Å². The van der Waals surface area contributed by atoms with Gasteiger partial charge in [0.05, 0.1) is 0 Å². The molecule has 92 valence electrons. The van der Waals surface area contributed by atoms with Crippen molar-refractivity contribution in [3.8, 4) is 0 Å². The third-order valence-corrected chi connectivity index (χ3v) is 2.40. The number of nitrogen functional groups attached to an aromatic ring is 1. The highest BCUT2D eigenvalue weighted by Crippen LogP contribution is 2.41. The Hall–Kier alpha value is -1.24. The third kappa shape index (κ3) is 1.87. The Kier molecular flexibility index (Phi) is 3.18. The van der Waals surface area contributed by atoms with E-state index >= 15 is 0 Å². The Labute approximate surface area is 90.3 Å². The molecule has 4 nitrogen and oxygen atoms in total. The van der Waals surface area contributed by atoms with Crippen molar-refractivity contribution in [3.63, 3.8) is 0 Å². The number of rotatable bonds is 3. The summed E-state index contributed by atoms with van der Waals surface area (Å²) in [4.78, 5) is 3.58. The van der Waals surface area contributed by atoms with Crippen molar-refractivity contribution >= 4 is 5.88 Å². The van der Waals surface area contributed by atoms with Crippen LogP contribution in [0.4, 0.5) is 19.1 Å². The van der Waals surface area contributed by atoms with Crippen LogP contribution in [0.5, 0.6) is 0 Å². The second-order valence-corrected chi connectivity index (χ2v) is 3.40. The largest absolute Gasteiger partial charge is 0.426 e. The van der Waals surface area contributed by atoms with E-state index in [1.165, 1.54) is 6.92 Å². The summed E-state index contributed by atoms with van der Waals surface area (Å²) in [6, 6.07) is 0. The average Bonchev–Trinajstić information content (AvgIpc) is 2.57. The molecule has 0 aliphatic carbocycles. The van der Waals surface area contributed by atoms with E-state index in [9.17, 15) is 18.3 Å². The molecule has 0 bridgehead atoms. The summed E-state index contributed by atoms with van der Waals surface area (Å²) < 4.78 is 42.6. The van der Waals surface area contributed by atoms with E-state index in [1.807, 2.05) is 0 Å². The molecule has 1 aromatic rings. The molecule has 0 aromatic carbocycles. The fourth-order valence-electron chi connectivity index (χ4n) is 1.27. The predicted molar refractivity (Wildman–Crippen MR) is 50.5 cm³/mol. The molecule has 3 N–H and O–H groups in total. The quantitative estimate of drug-likeness (QED) is 0.844. The van der Waals surface area contributed by atoms with Gasteiger partial charge in [-0.15, -0.1) is 0 Å². The molecule has 7 heteroatoms. The fraction of sp³-hybridized carbons (Fsp3) is 0.667. The lowest BCUT2D eigenvalue weighted by Gasteiger charge is -2.25. The van der Waals surface area contributed by atoms with Crippen molar-refractivity contribution in [1.29, 1.82) is 0 Å². The van der Waals surface area contributed by atoms with E-state index in [0.29, 0.717) is 6.42 Å². The number of alkyl halides is 3. The summed E-state index contributed by atoms with van der Waals surface area (Å²) in [6.45, 7) is 2.87. The molecular weight excluding hydrogens is 225 g/mol. The number of nitrogens with zero attached hydrogens (tertiary/aromatic N) is 1. The molecule has 1 aromatic heterocycles. The van der Waals surface area contributed by atoms with E-state index in [-0.39, 0.29) is 11.6 Å². The zero-order valence-electron chi connectivity index (χ0n) is 8.93. The SMILES string of the molecule is CCc1nc(C(O)(CC)C(F)(F)F)oc1N. The maximum absolute atomic E-state index is 12.6. The molecule has 1 atom stereocenters. The van der Waals surface area contributed by atoms with Gasteiger partial charge in [0, 0.05) is 0 Å². The lowest BCUT2D eigenvalue weighted by Crippen LogP contribution is -2.42. The highest BCUT2D eigenvalue weighted by atomic mass is 19.4. The average molecular weight is 238 g/mol. The summed E-state index contributed by atoms with van der Waals surface area (Å²) in [7, 11) is 0. The molecule has 0 amide bonds. The van der Waals surface area contributed by atoms with E-state index < -0.39 is 24.1 Å². The van der Waals surface area contributed by atoms with E-state index in [1.54, 1.807) is 6.92 Å². The van der Waals surface area contributed by atoms with Crippen LogP contribution in [-0.2, 0) is 12.0 Å². The standard InChI is InChI=1S/C9H13F3N2O2/c1-3-5-6(13)16-7(14-5)8(15,4-2)9(10,11)12/h15H,3-4,13H2,1-2H3. The number of aryl methyl sites for hydroxylation is 1. The first-order valence-corrected chi connectivity index (χ1v) is 4.81.